The van der Waals surface area contributed by atoms with E-state index in [0.29, 0.717) is 11.8 Å². The normalized spacial score (nSPS) is 18.2. The molecule has 1 N–H and O–H groups in total. The van der Waals surface area contributed by atoms with Gasteiger partial charge >= 0.3 is 0 Å². The maximum absolute atomic E-state index is 10.4. The Hall–Kier alpha value is -2.96. The zero-order chi connectivity index (χ0) is 23.9. The van der Waals surface area contributed by atoms with Crippen LogP contribution < -0.4 is 18.9 Å². The van der Waals surface area contributed by atoms with Gasteiger partial charge in [-0.25, -0.2) is 0 Å². The summed E-state index contributed by atoms with van der Waals surface area (Å²) in [7, 11) is 8.82. The van der Waals surface area contributed by atoms with Crippen LogP contribution in [0.5, 0.6) is 23.0 Å². The van der Waals surface area contributed by atoms with E-state index in [-0.39, 0.29) is 12.6 Å². The van der Waals surface area contributed by atoms with Gasteiger partial charge in [-0.2, -0.15) is 0 Å². The van der Waals surface area contributed by atoms with Crippen molar-refractivity contribution in [2.24, 2.45) is 0 Å². The highest BCUT2D eigenvalue weighted by molar-refractivity contribution is 6.06. The standard InChI is InChI=1S/C27H33NO5/c1-15-11-19-24(16(2)28(15)3)22(32-6)13-23(33-7)27(19)25-17(14-29)12-21(31-5)26-18(25)9-8-10-20(26)30-4/h8-10,12-13,15-16,29H,11,14H2,1-7H3/t15-,16+/m0/s1. The maximum atomic E-state index is 10.4. The van der Waals surface area contributed by atoms with Gasteiger partial charge in [-0.15, -0.1) is 0 Å². The highest BCUT2D eigenvalue weighted by atomic mass is 16.5. The van der Waals surface area contributed by atoms with Crippen LogP contribution in [0, 0.1) is 0 Å². The highest BCUT2D eigenvalue weighted by Gasteiger charge is 2.34. The minimum absolute atomic E-state index is 0.131. The van der Waals surface area contributed by atoms with Crippen molar-refractivity contribution in [3.05, 3.63) is 47.0 Å². The Morgan fingerprint density at radius 1 is 0.879 bits per heavy atom. The number of fused-ring (bicyclic) bond motifs is 2. The second-order valence-electron chi connectivity index (χ2n) is 8.60. The molecule has 0 aliphatic carbocycles. The Morgan fingerprint density at radius 2 is 1.55 bits per heavy atom. The molecule has 4 rings (SSSR count). The van der Waals surface area contributed by atoms with Gasteiger partial charge in [0.15, 0.2) is 0 Å². The predicted molar refractivity (Wildman–Crippen MR) is 131 cm³/mol. The zero-order valence-electron chi connectivity index (χ0n) is 20.5. The molecule has 0 saturated heterocycles. The van der Waals surface area contributed by atoms with Gasteiger partial charge in [-0.1, -0.05) is 12.1 Å². The Morgan fingerprint density at radius 3 is 2.15 bits per heavy atom. The number of aliphatic hydroxyl groups is 1. The topological polar surface area (TPSA) is 60.4 Å². The molecule has 0 bridgehead atoms. The highest BCUT2D eigenvalue weighted by Crippen LogP contribution is 2.51. The monoisotopic (exact) mass is 451 g/mol. The molecule has 1 aliphatic rings. The molecule has 0 amide bonds. The van der Waals surface area contributed by atoms with Crippen LogP contribution in [0.15, 0.2) is 30.3 Å². The van der Waals surface area contributed by atoms with Crippen LogP contribution in [-0.2, 0) is 13.0 Å². The van der Waals surface area contributed by atoms with Crippen LogP contribution in [0.4, 0.5) is 0 Å². The quantitative estimate of drug-likeness (QED) is 0.571. The SMILES string of the molecule is COc1cc(OC)c2c(c1-c1c(CO)cc(OC)c3c(OC)cccc13)C[C@H](C)N(C)[C@@H]2C. The number of hydrogen-bond acceptors (Lipinski definition) is 6. The molecule has 0 aromatic heterocycles. The maximum Gasteiger partial charge on any atom is 0.130 e. The number of hydrogen-bond donors (Lipinski definition) is 1. The van der Waals surface area contributed by atoms with Crippen LogP contribution in [0.1, 0.15) is 36.6 Å². The molecule has 0 fully saturated rings. The summed E-state index contributed by atoms with van der Waals surface area (Å²) in [6.07, 6.45) is 0.835. The molecule has 1 aliphatic heterocycles. The molecule has 0 saturated carbocycles. The molecule has 6 heteroatoms. The van der Waals surface area contributed by atoms with Crippen LogP contribution in [0.25, 0.3) is 21.9 Å². The average molecular weight is 452 g/mol. The van der Waals surface area contributed by atoms with E-state index in [1.165, 1.54) is 5.56 Å². The van der Waals surface area contributed by atoms with Gasteiger partial charge in [0.25, 0.3) is 0 Å². The second kappa shape index (κ2) is 9.12. The van der Waals surface area contributed by atoms with E-state index in [1.54, 1.807) is 28.4 Å². The van der Waals surface area contributed by atoms with Gasteiger partial charge < -0.3 is 24.1 Å². The van der Waals surface area contributed by atoms with Gasteiger partial charge in [-0.3, -0.25) is 4.90 Å². The van der Waals surface area contributed by atoms with Crippen molar-refractivity contribution in [3.8, 4) is 34.1 Å². The smallest absolute Gasteiger partial charge is 0.130 e. The number of rotatable bonds is 6. The predicted octanol–water partition coefficient (Wildman–Crippen LogP) is 4.97. The summed E-state index contributed by atoms with van der Waals surface area (Å²) in [5.41, 5.74) is 5.05. The van der Waals surface area contributed by atoms with E-state index in [4.69, 9.17) is 18.9 Å². The molecule has 0 spiro atoms. The van der Waals surface area contributed by atoms with Crippen LogP contribution in [0.3, 0.4) is 0 Å². The van der Waals surface area contributed by atoms with Crippen molar-refractivity contribution in [1.29, 1.82) is 0 Å². The molecule has 3 aromatic rings. The lowest BCUT2D eigenvalue weighted by molar-refractivity contribution is 0.175. The lowest BCUT2D eigenvalue weighted by Crippen LogP contribution is -2.38. The average Bonchev–Trinajstić information content (AvgIpc) is 2.84. The molecular weight excluding hydrogens is 418 g/mol. The second-order valence-corrected chi connectivity index (χ2v) is 8.60. The molecule has 6 nitrogen and oxygen atoms in total. The summed E-state index contributed by atoms with van der Waals surface area (Å²) < 4.78 is 23.1. The number of ether oxygens (including phenoxy) is 4. The number of benzene rings is 3. The Kier molecular flexibility index (Phi) is 6.41. The van der Waals surface area contributed by atoms with Crippen molar-refractivity contribution in [2.45, 2.75) is 39.0 Å². The molecule has 1 heterocycles. The van der Waals surface area contributed by atoms with Gasteiger partial charge in [0.2, 0.25) is 0 Å². The minimum atomic E-state index is -0.131. The Bertz CT molecular complexity index is 1190. The lowest BCUT2D eigenvalue weighted by atomic mass is 9.81. The first-order valence-corrected chi connectivity index (χ1v) is 11.2. The first kappa shape index (κ1) is 23.2. The van der Waals surface area contributed by atoms with Gasteiger partial charge in [0, 0.05) is 29.3 Å². The number of likely N-dealkylation sites (N-methyl/N-ethyl adjacent to an activating group) is 1. The molecule has 33 heavy (non-hydrogen) atoms. The third-order valence-electron chi connectivity index (χ3n) is 7.09. The number of methoxy groups -OCH3 is 4. The van der Waals surface area contributed by atoms with E-state index in [9.17, 15) is 5.11 Å². The lowest BCUT2D eigenvalue weighted by Gasteiger charge is -2.40. The van der Waals surface area contributed by atoms with Crippen LogP contribution in [0.2, 0.25) is 0 Å². The summed E-state index contributed by atoms with van der Waals surface area (Å²) in [5, 5.41) is 12.3. The minimum Gasteiger partial charge on any atom is -0.496 e. The van der Waals surface area contributed by atoms with Crippen molar-refractivity contribution < 1.29 is 24.1 Å². The largest absolute Gasteiger partial charge is 0.496 e. The van der Waals surface area contributed by atoms with E-state index in [2.05, 4.69) is 25.8 Å². The first-order chi connectivity index (χ1) is 15.9. The van der Waals surface area contributed by atoms with Gasteiger partial charge in [0.1, 0.15) is 23.0 Å². The van der Waals surface area contributed by atoms with Crippen molar-refractivity contribution in [2.75, 3.05) is 35.5 Å². The third kappa shape index (κ3) is 3.58. The molecule has 3 aromatic carbocycles. The Labute approximate surface area is 195 Å². The van der Waals surface area contributed by atoms with Crippen molar-refractivity contribution in [3.63, 3.8) is 0 Å². The summed E-state index contributed by atoms with van der Waals surface area (Å²) in [5.74, 6) is 2.92. The molecular formula is C27H33NO5. The summed E-state index contributed by atoms with van der Waals surface area (Å²) >= 11 is 0. The van der Waals surface area contributed by atoms with E-state index >= 15 is 0 Å². The fraction of sp³-hybridized carbons (Fsp3) is 0.407. The fourth-order valence-electron chi connectivity index (χ4n) is 5.22. The molecule has 176 valence electrons. The van der Waals surface area contributed by atoms with Crippen LogP contribution in [-0.4, -0.2) is 51.5 Å². The van der Waals surface area contributed by atoms with Crippen molar-refractivity contribution in [1.82, 2.24) is 4.90 Å². The van der Waals surface area contributed by atoms with Gasteiger partial charge in [0.05, 0.1) is 40.4 Å². The summed E-state index contributed by atoms with van der Waals surface area (Å²) in [6.45, 7) is 4.31. The fourth-order valence-corrected chi connectivity index (χ4v) is 5.22. The van der Waals surface area contributed by atoms with E-state index in [1.807, 2.05) is 30.3 Å². The molecule has 2 atom stereocenters. The summed E-state index contributed by atoms with van der Waals surface area (Å²) in [6, 6.07) is 10.3. The van der Waals surface area contributed by atoms with E-state index < -0.39 is 0 Å². The van der Waals surface area contributed by atoms with Crippen LogP contribution >= 0.6 is 0 Å². The first-order valence-electron chi connectivity index (χ1n) is 11.2. The van der Waals surface area contributed by atoms with E-state index in [0.717, 1.165) is 56.7 Å². The number of nitrogens with zero attached hydrogens (tertiary/aromatic N) is 1. The molecule has 0 radical (unpaired) electrons. The summed E-state index contributed by atoms with van der Waals surface area (Å²) in [4.78, 5) is 2.36. The third-order valence-corrected chi connectivity index (χ3v) is 7.09. The number of aliphatic hydroxyl groups excluding tert-OH is 1. The van der Waals surface area contributed by atoms with Gasteiger partial charge in [-0.05, 0) is 61.5 Å². The van der Waals surface area contributed by atoms with Crippen molar-refractivity contribution >= 4 is 10.8 Å². The molecule has 0 unspecified atom stereocenters. The Balaban J connectivity index is 2.20. The zero-order valence-corrected chi connectivity index (χ0v) is 20.5.